The maximum atomic E-state index is 13.4. The van der Waals surface area contributed by atoms with Crippen LogP contribution >= 0.6 is 22.7 Å². The Morgan fingerprint density at radius 3 is 2.44 bits per heavy atom. The Morgan fingerprint density at radius 2 is 1.78 bits per heavy atom. The van der Waals surface area contributed by atoms with Gasteiger partial charge in [-0.3, -0.25) is 9.59 Å². The lowest BCUT2D eigenvalue weighted by atomic mass is 10.2. The first kappa shape index (κ1) is 24.2. The van der Waals surface area contributed by atoms with Crippen LogP contribution in [0.5, 0.6) is 0 Å². The lowest BCUT2D eigenvalue weighted by Gasteiger charge is -2.27. The summed E-state index contributed by atoms with van der Waals surface area (Å²) in [4.78, 5) is 33.0. The summed E-state index contributed by atoms with van der Waals surface area (Å²) in [5.74, 6) is -0.155. The molecule has 0 radical (unpaired) electrons. The summed E-state index contributed by atoms with van der Waals surface area (Å²) >= 11 is 3.10. The van der Waals surface area contributed by atoms with Crippen LogP contribution in [0, 0.1) is 6.92 Å². The van der Waals surface area contributed by atoms with Crippen molar-refractivity contribution in [1.82, 2.24) is 9.80 Å². The number of thiophene rings is 2. The number of hydrogen-bond donors (Lipinski definition) is 0. The third kappa shape index (κ3) is 7.29. The van der Waals surface area contributed by atoms with Crippen molar-refractivity contribution in [3.8, 4) is 0 Å². The maximum Gasteiger partial charge on any atom is 0.264 e. The van der Waals surface area contributed by atoms with E-state index in [0.29, 0.717) is 44.1 Å². The van der Waals surface area contributed by atoms with Gasteiger partial charge in [0.25, 0.3) is 5.91 Å². The molecule has 0 spiro atoms. The van der Waals surface area contributed by atoms with Crippen LogP contribution < -0.4 is 0 Å². The fourth-order valence-electron chi connectivity index (χ4n) is 3.37. The van der Waals surface area contributed by atoms with Gasteiger partial charge in [-0.25, -0.2) is 0 Å². The molecule has 0 saturated heterocycles. The van der Waals surface area contributed by atoms with Crippen LogP contribution in [0.25, 0.3) is 0 Å². The molecule has 3 rings (SSSR count). The first-order valence-corrected chi connectivity index (χ1v) is 12.5. The summed E-state index contributed by atoms with van der Waals surface area (Å²) in [6, 6.07) is 17.8. The van der Waals surface area contributed by atoms with Gasteiger partial charge in [-0.15, -0.1) is 22.7 Å². The molecule has 0 atom stereocenters. The number of carbonyl (C=O) groups is 2. The molecule has 3 aromatic rings. The van der Waals surface area contributed by atoms with E-state index >= 15 is 0 Å². The van der Waals surface area contributed by atoms with E-state index in [2.05, 4.69) is 19.1 Å². The minimum atomic E-state index is -0.100. The molecule has 0 N–H and O–H groups in total. The first-order valence-electron chi connectivity index (χ1n) is 10.8. The van der Waals surface area contributed by atoms with E-state index in [9.17, 15) is 9.59 Å². The van der Waals surface area contributed by atoms with Crippen LogP contribution in [0.4, 0.5) is 0 Å². The van der Waals surface area contributed by atoms with E-state index in [1.54, 1.807) is 16.2 Å². The van der Waals surface area contributed by atoms with Gasteiger partial charge >= 0.3 is 0 Å². The lowest BCUT2D eigenvalue weighted by Crippen LogP contribution is -2.42. The van der Waals surface area contributed by atoms with Crippen molar-refractivity contribution in [2.45, 2.75) is 33.4 Å². The quantitative estimate of drug-likeness (QED) is 0.341. The molecule has 1 aromatic carbocycles. The van der Waals surface area contributed by atoms with Gasteiger partial charge in [0.05, 0.1) is 11.4 Å². The second kappa shape index (κ2) is 12.5. The molecule has 0 saturated carbocycles. The monoisotopic (exact) mass is 470 g/mol. The Bertz CT molecular complexity index is 970. The van der Waals surface area contributed by atoms with Crippen LogP contribution in [0.3, 0.4) is 0 Å². The highest BCUT2D eigenvalue weighted by molar-refractivity contribution is 7.12. The molecular formula is C25H30N2O3S2. The van der Waals surface area contributed by atoms with Gasteiger partial charge < -0.3 is 14.5 Å². The van der Waals surface area contributed by atoms with Crippen LogP contribution in [-0.2, 0) is 22.6 Å². The van der Waals surface area contributed by atoms with Gasteiger partial charge in [-0.2, -0.15) is 0 Å². The number of aryl methyl sites for hydroxylation is 1. The summed E-state index contributed by atoms with van der Waals surface area (Å²) in [7, 11) is 0. The van der Waals surface area contributed by atoms with E-state index in [1.165, 1.54) is 16.2 Å². The predicted octanol–water partition coefficient (Wildman–Crippen LogP) is 5.22. The maximum absolute atomic E-state index is 13.4. The molecule has 0 unspecified atom stereocenters. The second-order valence-electron chi connectivity index (χ2n) is 7.50. The number of amides is 2. The fourth-order valence-corrected chi connectivity index (χ4v) is 4.96. The van der Waals surface area contributed by atoms with Crippen molar-refractivity contribution >= 4 is 34.5 Å². The average molecular weight is 471 g/mol. The number of benzene rings is 1. The molecule has 0 aliphatic rings. The van der Waals surface area contributed by atoms with Crippen molar-refractivity contribution in [2.24, 2.45) is 0 Å². The summed E-state index contributed by atoms with van der Waals surface area (Å²) < 4.78 is 5.44. The van der Waals surface area contributed by atoms with Crippen molar-refractivity contribution in [3.05, 3.63) is 80.2 Å². The molecule has 2 amide bonds. The first-order chi connectivity index (χ1) is 15.6. The van der Waals surface area contributed by atoms with E-state index in [4.69, 9.17) is 4.74 Å². The van der Waals surface area contributed by atoms with Gasteiger partial charge in [-0.1, -0.05) is 36.4 Å². The smallest absolute Gasteiger partial charge is 0.264 e. The highest BCUT2D eigenvalue weighted by Gasteiger charge is 2.23. The SMILES string of the molecule is CCOCCCN(CC(=O)N(Cc1ccccc1)Cc1ccc(C)s1)C(=O)c1cccs1. The topological polar surface area (TPSA) is 49.9 Å². The lowest BCUT2D eigenvalue weighted by molar-refractivity contribution is -0.133. The summed E-state index contributed by atoms with van der Waals surface area (Å²) in [6.45, 7) is 6.82. The van der Waals surface area contributed by atoms with Crippen LogP contribution in [0.2, 0.25) is 0 Å². The number of nitrogens with zero attached hydrogens (tertiary/aromatic N) is 2. The van der Waals surface area contributed by atoms with Crippen LogP contribution in [-0.4, -0.2) is 47.9 Å². The zero-order valence-electron chi connectivity index (χ0n) is 18.7. The molecule has 2 heterocycles. The average Bonchev–Trinajstić information content (AvgIpc) is 3.47. The van der Waals surface area contributed by atoms with Gasteiger partial charge in [0.1, 0.15) is 6.54 Å². The molecular weight excluding hydrogens is 440 g/mol. The van der Waals surface area contributed by atoms with Crippen LogP contribution in [0.15, 0.2) is 60.0 Å². The Kier molecular flexibility index (Phi) is 9.46. The highest BCUT2D eigenvalue weighted by atomic mass is 32.1. The number of ether oxygens (including phenoxy) is 1. The van der Waals surface area contributed by atoms with E-state index in [0.717, 1.165) is 10.4 Å². The largest absolute Gasteiger partial charge is 0.382 e. The molecule has 0 bridgehead atoms. The molecule has 170 valence electrons. The molecule has 0 aliphatic carbocycles. The molecule has 0 fully saturated rings. The van der Waals surface area contributed by atoms with Crippen LogP contribution in [0.1, 0.15) is 38.3 Å². The zero-order chi connectivity index (χ0) is 22.8. The summed E-state index contributed by atoms with van der Waals surface area (Å²) in [5.41, 5.74) is 1.07. The minimum Gasteiger partial charge on any atom is -0.382 e. The van der Waals surface area contributed by atoms with E-state index in [-0.39, 0.29) is 18.4 Å². The number of rotatable bonds is 12. The summed E-state index contributed by atoms with van der Waals surface area (Å²) in [6.07, 6.45) is 0.695. The third-order valence-corrected chi connectivity index (χ3v) is 6.82. The Hall–Kier alpha value is -2.48. The zero-order valence-corrected chi connectivity index (χ0v) is 20.3. The van der Waals surface area contributed by atoms with Crippen molar-refractivity contribution in [1.29, 1.82) is 0 Å². The normalized spacial score (nSPS) is 10.8. The Balaban J connectivity index is 1.75. The number of hydrogen-bond acceptors (Lipinski definition) is 5. The van der Waals surface area contributed by atoms with Gasteiger partial charge in [0, 0.05) is 36.1 Å². The highest BCUT2D eigenvalue weighted by Crippen LogP contribution is 2.19. The van der Waals surface area contributed by atoms with Gasteiger partial charge in [0.2, 0.25) is 5.91 Å². The molecule has 7 heteroatoms. The van der Waals surface area contributed by atoms with Crippen molar-refractivity contribution in [2.75, 3.05) is 26.3 Å². The molecule has 5 nitrogen and oxygen atoms in total. The minimum absolute atomic E-state index is 0.0544. The Labute approximate surface area is 198 Å². The molecule has 0 aliphatic heterocycles. The van der Waals surface area contributed by atoms with Crippen molar-refractivity contribution in [3.63, 3.8) is 0 Å². The fraction of sp³-hybridized carbons (Fsp3) is 0.360. The van der Waals surface area contributed by atoms with Gasteiger partial charge in [0.15, 0.2) is 0 Å². The van der Waals surface area contributed by atoms with E-state index < -0.39 is 0 Å². The van der Waals surface area contributed by atoms with Gasteiger partial charge in [-0.05, 0) is 49.4 Å². The third-order valence-electron chi connectivity index (χ3n) is 4.98. The molecule has 2 aromatic heterocycles. The predicted molar refractivity (Wildman–Crippen MR) is 131 cm³/mol. The standard InChI is InChI=1S/C25H30N2O3S2/c1-3-30-15-8-14-26(25(29)23-11-7-16-31-23)19-24(28)27(17-21-9-5-4-6-10-21)18-22-13-12-20(2)32-22/h4-7,9-13,16H,3,8,14-15,17-19H2,1-2H3. The summed E-state index contributed by atoms with van der Waals surface area (Å²) in [5, 5.41) is 1.88. The molecule has 32 heavy (non-hydrogen) atoms. The second-order valence-corrected chi connectivity index (χ2v) is 9.82. The number of carbonyl (C=O) groups excluding carboxylic acids is 2. The van der Waals surface area contributed by atoms with E-state index in [1.807, 2.05) is 59.7 Å². The Morgan fingerprint density at radius 1 is 0.969 bits per heavy atom. The van der Waals surface area contributed by atoms with Crippen molar-refractivity contribution < 1.29 is 14.3 Å².